The largest absolute Gasteiger partial charge is 0.486 e. The van der Waals surface area contributed by atoms with Crippen molar-refractivity contribution in [2.75, 3.05) is 13.1 Å². The molecule has 0 aliphatic carbocycles. The standard InChI is InChI=1S/C23H25ClN4O3/c1-16(29)25-18-5-4-12-27(13-18)23(30)14-28-21-7-3-2-6-20(21)26-22(28)15-31-19-10-8-17(24)9-11-19/h2-3,6-11,18H,4-5,12-15H2,1H3,(H,25,29). The van der Waals surface area contributed by atoms with Gasteiger partial charge in [-0.25, -0.2) is 4.98 Å². The second-order valence-corrected chi connectivity index (χ2v) is 8.16. The number of piperidine rings is 1. The lowest BCUT2D eigenvalue weighted by Gasteiger charge is -2.33. The van der Waals surface area contributed by atoms with Gasteiger partial charge in [0.25, 0.3) is 0 Å². The third-order valence-electron chi connectivity index (χ3n) is 5.39. The molecule has 1 unspecified atom stereocenters. The average Bonchev–Trinajstić information content (AvgIpc) is 3.10. The van der Waals surface area contributed by atoms with Crippen molar-refractivity contribution in [2.45, 2.75) is 39.0 Å². The summed E-state index contributed by atoms with van der Waals surface area (Å²) in [7, 11) is 0. The van der Waals surface area contributed by atoms with E-state index < -0.39 is 0 Å². The molecule has 1 aliphatic rings. The quantitative estimate of drug-likeness (QED) is 0.637. The van der Waals surface area contributed by atoms with Crippen LogP contribution in [0.1, 0.15) is 25.6 Å². The number of fused-ring (bicyclic) bond motifs is 1. The maximum atomic E-state index is 13.1. The summed E-state index contributed by atoms with van der Waals surface area (Å²) in [5.41, 5.74) is 1.71. The van der Waals surface area contributed by atoms with Crippen molar-refractivity contribution in [1.82, 2.24) is 19.8 Å². The van der Waals surface area contributed by atoms with Gasteiger partial charge in [-0.3, -0.25) is 9.59 Å². The van der Waals surface area contributed by atoms with E-state index in [1.165, 1.54) is 6.92 Å². The van der Waals surface area contributed by atoms with E-state index in [4.69, 9.17) is 16.3 Å². The van der Waals surface area contributed by atoms with E-state index in [0.717, 1.165) is 23.9 Å². The second-order valence-electron chi connectivity index (χ2n) is 7.72. The number of carbonyl (C=O) groups is 2. The number of imidazole rings is 1. The molecule has 2 amide bonds. The number of halogens is 1. The first-order valence-corrected chi connectivity index (χ1v) is 10.7. The Bertz CT molecular complexity index is 1080. The van der Waals surface area contributed by atoms with E-state index in [9.17, 15) is 9.59 Å². The minimum Gasteiger partial charge on any atom is -0.486 e. The Morgan fingerprint density at radius 3 is 2.74 bits per heavy atom. The number of hydrogen-bond acceptors (Lipinski definition) is 4. The molecule has 7 nitrogen and oxygen atoms in total. The molecule has 1 fully saturated rings. The number of rotatable bonds is 6. The number of benzene rings is 2. The molecular formula is C23H25ClN4O3. The highest BCUT2D eigenvalue weighted by Crippen LogP contribution is 2.21. The van der Waals surface area contributed by atoms with E-state index in [1.54, 1.807) is 24.3 Å². The van der Waals surface area contributed by atoms with Gasteiger partial charge >= 0.3 is 0 Å². The molecule has 1 aromatic heterocycles. The minimum absolute atomic E-state index is 0.00226. The number of hydrogen-bond donors (Lipinski definition) is 1. The van der Waals surface area contributed by atoms with Crippen molar-refractivity contribution in [2.24, 2.45) is 0 Å². The van der Waals surface area contributed by atoms with Crippen molar-refractivity contribution in [1.29, 1.82) is 0 Å². The maximum absolute atomic E-state index is 13.1. The van der Waals surface area contributed by atoms with Gasteiger partial charge in [-0.2, -0.15) is 0 Å². The summed E-state index contributed by atoms with van der Waals surface area (Å²) in [6.07, 6.45) is 1.76. The fraction of sp³-hybridized carbons (Fsp3) is 0.348. The van der Waals surface area contributed by atoms with Crippen molar-refractivity contribution in [3.63, 3.8) is 0 Å². The Kier molecular flexibility index (Phi) is 6.42. The molecule has 2 aromatic carbocycles. The number of ether oxygens (including phenoxy) is 1. The maximum Gasteiger partial charge on any atom is 0.242 e. The van der Waals surface area contributed by atoms with Gasteiger partial charge in [-0.05, 0) is 49.2 Å². The molecular weight excluding hydrogens is 416 g/mol. The lowest BCUT2D eigenvalue weighted by atomic mass is 10.1. The number of aromatic nitrogens is 2. The monoisotopic (exact) mass is 440 g/mol. The molecule has 2 heterocycles. The van der Waals surface area contributed by atoms with Crippen molar-refractivity contribution in [3.8, 4) is 5.75 Å². The fourth-order valence-corrected chi connectivity index (χ4v) is 4.06. The first-order valence-electron chi connectivity index (χ1n) is 10.4. The SMILES string of the molecule is CC(=O)NC1CCCN(C(=O)Cn2c(COc3ccc(Cl)cc3)nc3ccccc32)C1. The Labute approximate surface area is 186 Å². The lowest BCUT2D eigenvalue weighted by molar-refractivity contribution is -0.134. The highest BCUT2D eigenvalue weighted by molar-refractivity contribution is 6.30. The summed E-state index contributed by atoms with van der Waals surface area (Å²) >= 11 is 5.94. The Balaban J connectivity index is 1.51. The topological polar surface area (TPSA) is 76.5 Å². The lowest BCUT2D eigenvalue weighted by Crippen LogP contribution is -2.50. The van der Waals surface area contributed by atoms with Crippen LogP contribution >= 0.6 is 11.6 Å². The molecule has 31 heavy (non-hydrogen) atoms. The molecule has 0 radical (unpaired) electrons. The highest BCUT2D eigenvalue weighted by atomic mass is 35.5. The fourth-order valence-electron chi connectivity index (χ4n) is 3.93. The normalized spacial score (nSPS) is 16.3. The molecule has 8 heteroatoms. The summed E-state index contributed by atoms with van der Waals surface area (Å²) in [5, 5.41) is 3.57. The molecule has 3 aromatic rings. The zero-order valence-corrected chi connectivity index (χ0v) is 18.1. The van der Waals surface area contributed by atoms with Crippen LogP contribution in [0.3, 0.4) is 0 Å². The molecule has 0 bridgehead atoms. The van der Waals surface area contributed by atoms with Crippen LogP contribution in [0.25, 0.3) is 11.0 Å². The third-order valence-corrected chi connectivity index (χ3v) is 5.64. The molecule has 1 N–H and O–H groups in total. The van der Waals surface area contributed by atoms with E-state index in [0.29, 0.717) is 29.7 Å². The van der Waals surface area contributed by atoms with Gasteiger partial charge in [0.2, 0.25) is 11.8 Å². The van der Waals surface area contributed by atoms with Crippen LogP contribution in [0.2, 0.25) is 5.02 Å². The molecule has 0 spiro atoms. The van der Waals surface area contributed by atoms with Crippen molar-refractivity contribution < 1.29 is 14.3 Å². The Morgan fingerprint density at radius 1 is 1.19 bits per heavy atom. The zero-order chi connectivity index (χ0) is 21.8. The molecule has 4 rings (SSSR count). The van der Waals surface area contributed by atoms with Gasteiger partial charge in [-0.15, -0.1) is 0 Å². The Morgan fingerprint density at radius 2 is 1.97 bits per heavy atom. The molecule has 1 saturated heterocycles. The first kappa shape index (κ1) is 21.2. The summed E-state index contributed by atoms with van der Waals surface area (Å²) in [5.74, 6) is 1.30. The van der Waals surface area contributed by atoms with E-state index in [2.05, 4.69) is 10.3 Å². The first-order chi connectivity index (χ1) is 15.0. The number of carbonyl (C=O) groups excluding carboxylic acids is 2. The second kappa shape index (κ2) is 9.39. The van der Waals surface area contributed by atoms with Crippen LogP contribution in [0, 0.1) is 0 Å². The third kappa shape index (κ3) is 5.17. The number of likely N-dealkylation sites (tertiary alicyclic amines) is 1. The van der Waals surface area contributed by atoms with E-state index >= 15 is 0 Å². The molecule has 1 atom stereocenters. The minimum atomic E-state index is -0.0680. The summed E-state index contributed by atoms with van der Waals surface area (Å²) in [6.45, 7) is 3.13. The molecule has 1 aliphatic heterocycles. The van der Waals surface area contributed by atoms with Gasteiger partial charge in [-0.1, -0.05) is 23.7 Å². The van der Waals surface area contributed by atoms with Gasteiger partial charge in [0, 0.05) is 31.1 Å². The predicted octanol–water partition coefficient (Wildman–Crippen LogP) is 3.40. The summed E-state index contributed by atoms with van der Waals surface area (Å²) in [4.78, 5) is 31.0. The van der Waals surface area contributed by atoms with Crippen LogP contribution in [0.15, 0.2) is 48.5 Å². The van der Waals surface area contributed by atoms with E-state index in [-0.39, 0.29) is 31.0 Å². The van der Waals surface area contributed by atoms with Crippen LogP contribution in [0.4, 0.5) is 0 Å². The number of nitrogens with one attached hydrogen (secondary N) is 1. The van der Waals surface area contributed by atoms with Gasteiger partial charge in [0.1, 0.15) is 24.7 Å². The summed E-state index contributed by atoms with van der Waals surface area (Å²) in [6, 6.07) is 14.9. The van der Waals surface area contributed by atoms with Crippen LogP contribution < -0.4 is 10.1 Å². The van der Waals surface area contributed by atoms with Gasteiger partial charge < -0.3 is 19.5 Å². The highest BCUT2D eigenvalue weighted by Gasteiger charge is 2.25. The van der Waals surface area contributed by atoms with E-state index in [1.807, 2.05) is 33.7 Å². The number of amides is 2. The van der Waals surface area contributed by atoms with Crippen LogP contribution in [-0.4, -0.2) is 45.4 Å². The Hall–Kier alpha value is -3.06. The molecule has 162 valence electrons. The molecule has 0 saturated carbocycles. The van der Waals surface area contributed by atoms with Gasteiger partial charge in [0.15, 0.2) is 0 Å². The van der Waals surface area contributed by atoms with Crippen LogP contribution in [-0.2, 0) is 22.7 Å². The average molecular weight is 441 g/mol. The number of nitrogens with zero attached hydrogens (tertiary/aromatic N) is 3. The van der Waals surface area contributed by atoms with Gasteiger partial charge in [0.05, 0.1) is 11.0 Å². The number of para-hydroxylation sites is 2. The van der Waals surface area contributed by atoms with Crippen molar-refractivity contribution in [3.05, 3.63) is 59.4 Å². The smallest absolute Gasteiger partial charge is 0.242 e. The van der Waals surface area contributed by atoms with Crippen LogP contribution in [0.5, 0.6) is 5.75 Å². The summed E-state index contributed by atoms with van der Waals surface area (Å²) < 4.78 is 7.80. The van der Waals surface area contributed by atoms with Crippen molar-refractivity contribution >= 4 is 34.4 Å². The zero-order valence-electron chi connectivity index (χ0n) is 17.4. The predicted molar refractivity (Wildman–Crippen MR) is 119 cm³/mol.